The summed E-state index contributed by atoms with van der Waals surface area (Å²) in [5, 5.41) is 0. The van der Waals surface area contributed by atoms with E-state index in [4.69, 9.17) is 10.6 Å². The zero-order valence-electron chi connectivity index (χ0n) is 9.96. The van der Waals surface area contributed by atoms with Gasteiger partial charge in [0.15, 0.2) is 0 Å². The van der Waals surface area contributed by atoms with Crippen LogP contribution in [-0.4, -0.2) is 12.7 Å². The van der Waals surface area contributed by atoms with E-state index in [0.717, 1.165) is 11.1 Å². The average molecular weight is 226 g/mol. The second-order valence-electron chi connectivity index (χ2n) is 4.16. The highest BCUT2D eigenvalue weighted by atomic mass is 19.1. The molecule has 1 rings (SSSR count). The van der Waals surface area contributed by atoms with E-state index < -0.39 is 0 Å². The Morgan fingerprint density at radius 3 is 2.56 bits per heavy atom. The van der Waals surface area contributed by atoms with Crippen LogP contribution in [0.15, 0.2) is 18.2 Å². The summed E-state index contributed by atoms with van der Waals surface area (Å²) in [6.45, 7) is 6.18. The summed E-state index contributed by atoms with van der Waals surface area (Å²) in [4.78, 5) is 0. The minimum Gasteiger partial charge on any atom is -0.377 e. The SMILES string of the molecule is Cc1cc(F)cc(C(COC(C)C)NN)c1. The van der Waals surface area contributed by atoms with Gasteiger partial charge in [0.05, 0.1) is 18.8 Å². The van der Waals surface area contributed by atoms with Crippen molar-refractivity contribution in [2.75, 3.05) is 6.61 Å². The third-order valence-electron chi connectivity index (χ3n) is 2.26. The maximum absolute atomic E-state index is 13.2. The molecule has 0 saturated carbocycles. The molecule has 1 aromatic carbocycles. The standard InChI is InChI=1S/C12H19FN2O/c1-8(2)16-7-12(15-14)10-4-9(3)5-11(13)6-10/h4-6,8,12,15H,7,14H2,1-3H3. The zero-order chi connectivity index (χ0) is 12.1. The molecule has 3 nitrogen and oxygen atoms in total. The van der Waals surface area contributed by atoms with Gasteiger partial charge in [0.2, 0.25) is 0 Å². The number of nitrogens with two attached hydrogens (primary N) is 1. The summed E-state index contributed by atoms with van der Waals surface area (Å²) in [5.41, 5.74) is 4.32. The minimum atomic E-state index is -0.250. The number of ether oxygens (including phenoxy) is 1. The molecule has 0 fully saturated rings. The highest BCUT2D eigenvalue weighted by Crippen LogP contribution is 2.16. The number of halogens is 1. The molecule has 1 aromatic rings. The van der Waals surface area contributed by atoms with Gasteiger partial charge < -0.3 is 4.74 Å². The fourth-order valence-corrected chi connectivity index (χ4v) is 1.50. The Labute approximate surface area is 95.8 Å². The van der Waals surface area contributed by atoms with E-state index >= 15 is 0 Å². The summed E-state index contributed by atoms with van der Waals surface area (Å²) in [7, 11) is 0. The van der Waals surface area contributed by atoms with Crippen molar-refractivity contribution in [1.82, 2.24) is 5.43 Å². The Balaban J connectivity index is 2.78. The molecule has 1 atom stereocenters. The highest BCUT2D eigenvalue weighted by molar-refractivity contribution is 5.26. The smallest absolute Gasteiger partial charge is 0.123 e. The highest BCUT2D eigenvalue weighted by Gasteiger charge is 2.12. The fraction of sp³-hybridized carbons (Fsp3) is 0.500. The van der Waals surface area contributed by atoms with Crippen molar-refractivity contribution < 1.29 is 9.13 Å². The number of aryl methyl sites for hydroxylation is 1. The third kappa shape index (κ3) is 3.89. The molecule has 0 aliphatic heterocycles. The Hall–Kier alpha value is -0.970. The Morgan fingerprint density at radius 2 is 2.06 bits per heavy atom. The van der Waals surface area contributed by atoms with Crippen molar-refractivity contribution in [3.05, 3.63) is 35.1 Å². The van der Waals surface area contributed by atoms with Crippen LogP contribution in [0.2, 0.25) is 0 Å². The maximum atomic E-state index is 13.2. The second-order valence-corrected chi connectivity index (χ2v) is 4.16. The molecule has 0 radical (unpaired) electrons. The molecule has 0 amide bonds. The van der Waals surface area contributed by atoms with E-state index in [-0.39, 0.29) is 18.0 Å². The Bertz CT molecular complexity index is 322. The molecule has 0 aliphatic rings. The number of hydrazine groups is 1. The topological polar surface area (TPSA) is 47.3 Å². The summed E-state index contributed by atoms with van der Waals surface area (Å²) >= 11 is 0. The van der Waals surface area contributed by atoms with Crippen molar-refractivity contribution in [3.8, 4) is 0 Å². The van der Waals surface area contributed by atoms with E-state index in [0.29, 0.717) is 6.61 Å². The molecule has 4 heteroatoms. The molecule has 3 N–H and O–H groups in total. The maximum Gasteiger partial charge on any atom is 0.123 e. The van der Waals surface area contributed by atoms with E-state index in [2.05, 4.69) is 5.43 Å². The van der Waals surface area contributed by atoms with Gasteiger partial charge in [-0.25, -0.2) is 4.39 Å². The number of benzene rings is 1. The lowest BCUT2D eigenvalue weighted by atomic mass is 10.1. The van der Waals surface area contributed by atoms with Crippen molar-refractivity contribution in [2.24, 2.45) is 5.84 Å². The van der Waals surface area contributed by atoms with E-state index in [1.165, 1.54) is 12.1 Å². The van der Waals surface area contributed by atoms with Crippen molar-refractivity contribution in [1.29, 1.82) is 0 Å². The largest absolute Gasteiger partial charge is 0.377 e. The molecule has 0 aromatic heterocycles. The van der Waals surface area contributed by atoms with Gasteiger partial charge in [0, 0.05) is 0 Å². The number of hydrogen-bond acceptors (Lipinski definition) is 3. The van der Waals surface area contributed by atoms with Crippen LogP contribution in [0.4, 0.5) is 4.39 Å². The number of hydrogen-bond donors (Lipinski definition) is 2. The van der Waals surface area contributed by atoms with Crippen LogP contribution < -0.4 is 11.3 Å². The van der Waals surface area contributed by atoms with Gasteiger partial charge in [0.25, 0.3) is 0 Å². The van der Waals surface area contributed by atoms with Gasteiger partial charge in [-0.05, 0) is 44.0 Å². The normalized spacial score (nSPS) is 13.1. The first kappa shape index (κ1) is 13.1. The molecule has 16 heavy (non-hydrogen) atoms. The van der Waals surface area contributed by atoms with E-state index in [9.17, 15) is 4.39 Å². The van der Waals surface area contributed by atoms with Crippen molar-refractivity contribution in [3.63, 3.8) is 0 Å². The molecule has 0 saturated heterocycles. The summed E-state index contributed by atoms with van der Waals surface area (Å²) in [5.74, 6) is 5.19. The van der Waals surface area contributed by atoms with Crippen LogP contribution in [0.3, 0.4) is 0 Å². The first-order chi connectivity index (χ1) is 7.52. The predicted molar refractivity (Wildman–Crippen MR) is 62.3 cm³/mol. The molecule has 0 spiro atoms. The van der Waals surface area contributed by atoms with Crippen LogP contribution in [0, 0.1) is 12.7 Å². The van der Waals surface area contributed by atoms with Gasteiger partial charge in [-0.2, -0.15) is 0 Å². The van der Waals surface area contributed by atoms with Crippen LogP contribution in [0.25, 0.3) is 0 Å². The Morgan fingerprint density at radius 1 is 1.38 bits per heavy atom. The van der Waals surface area contributed by atoms with Crippen molar-refractivity contribution >= 4 is 0 Å². The van der Waals surface area contributed by atoms with E-state index in [1.807, 2.05) is 26.8 Å². The lowest BCUT2D eigenvalue weighted by molar-refractivity contribution is 0.0611. The monoisotopic (exact) mass is 226 g/mol. The quantitative estimate of drug-likeness (QED) is 0.597. The molecule has 0 heterocycles. The summed E-state index contributed by atoms with van der Waals surface area (Å²) < 4.78 is 18.7. The van der Waals surface area contributed by atoms with Crippen LogP contribution in [-0.2, 0) is 4.74 Å². The minimum absolute atomic E-state index is 0.130. The van der Waals surface area contributed by atoms with Gasteiger partial charge in [-0.15, -0.1) is 0 Å². The average Bonchev–Trinajstić information content (AvgIpc) is 2.16. The number of nitrogens with one attached hydrogen (secondary N) is 1. The molecule has 1 unspecified atom stereocenters. The first-order valence-corrected chi connectivity index (χ1v) is 5.37. The predicted octanol–water partition coefficient (Wildman–Crippen LogP) is 2.06. The lowest BCUT2D eigenvalue weighted by Crippen LogP contribution is -2.32. The van der Waals surface area contributed by atoms with E-state index in [1.54, 1.807) is 0 Å². The lowest BCUT2D eigenvalue weighted by Gasteiger charge is -2.18. The molecular formula is C12H19FN2O. The van der Waals surface area contributed by atoms with Crippen LogP contribution in [0.1, 0.15) is 31.0 Å². The Kier molecular flexibility index (Phi) is 4.86. The third-order valence-corrected chi connectivity index (χ3v) is 2.26. The first-order valence-electron chi connectivity index (χ1n) is 5.37. The summed E-state index contributed by atoms with van der Waals surface area (Å²) in [6.07, 6.45) is 0.130. The molecule has 0 aliphatic carbocycles. The van der Waals surface area contributed by atoms with Crippen LogP contribution in [0.5, 0.6) is 0 Å². The second kappa shape index (κ2) is 5.94. The van der Waals surface area contributed by atoms with Crippen molar-refractivity contribution in [2.45, 2.75) is 32.9 Å². The molecule has 0 bridgehead atoms. The fourth-order valence-electron chi connectivity index (χ4n) is 1.50. The molecule has 90 valence electrons. The zero-order valence-corrected chi connectivity index (χ0v) is 9.96. The van der Waals surface area contributed by atoms with Gasteiger partial charge in [0.1, 0.15) is 5.82 Å². The summed E-state index contributed by atoms with van der Waals surface area (Å²) in [6, 6.07) is 4.68. The van der Waals surface area contributed by atoms with Gasteiger partial charge >= 0.3 is 0 Å². The van der Waals surface area contributed by atoms with Crippen LogP contribution >= 0.6 is 0 Å². The number of rotatable bonds is 5. The van der Waals surface area contributed by atoms with Gasteiger partial charge in [-0.1, -0.05) is 6.07 Å². The molecular weight excluding hydrogens is 207 g/mol. The van der Waals surface area contributed by atoms with Gasteiger partial charge in [-0.3, -0.25) is 11.3 Å².